The molecule has 0 aliphatic carbocycles. The topological polar surface area (TPSA) is 147 Å². The van der Waals surface area contributed by atoms with Crippen molar-refractivity contribution in [2.45, 2.75) is 4.90 Å². The summed E-state index contributed by atoms with van der Waals surface area (Å²) in [6.45, 7) is 4.04. The van der Waals surface area contributed by atoms with E-state index in [0.717, 1.165) is 41.5 Å². The average molecular weight is 597 g/mol. The number of carbonyl (C=O) groups excluding carboxylic acids is 1. The van der Waals surface area contributed by atoms with Gasteiger partial charge in [0.2, 0.25) is 0 Å². The fraction of sp³-hybridized carbons (Fsp3) is 0.259. The van der Waals surface area contributed by atoms with Crippen LogP contribution in [0.25, 0.3) is 10.2 Å². The summed E-state index contributed by atoms with van der Waals surface area (Å²) in [5.74, 6) is 0.162. The first-order valence-corrected chi connectivity index (χ1v) is 15.1. The van der Waals surface area contributed by atoms with Gasteiger partial charge >= 0.3 is 0 Å². The molecule has 0 radical (unpaired) electrons. The van der Waals surface area contributed by atoms with E-state index in [0.29, 0.717) is 18.8 Å². The van der Waals surface area contributed by atoms with E-state index in [1.807, 2.05) is 0 Å². The minimum absolute atomic E-state index is 0.0526. The maximum absolute atomic E-state index is 13.0. The predicted octanol–water partition coefficient (Wildman–Crippen LogP) is 3.57. The number of aromatic nitrogens is 1. The van der Waals surface area contributed by atoms with Crippen LogP contribution in [0.3, 0.4) is 0 Å². The third kappa shape index (κ3) is 6.56. The number of hydrogen-bond acceptors (Lipinski definition) is 10. The Kier molecular flexibility index (Phi) is 8.33. The molecular formula is C27H28N6O6S2. The number of nitrogens with one attached hydrogen (secondary N) is 2. The maximum Gasteiger partial charge on any atom is 0.270 e. The molecule has 4 aromatic rings. The van der Waals surface area contributed by atoms with E-state index < -0.39 is 14.9 Å². The second kappa shape index (κ2) is 12.1. The Hall–Kier alpha value is -4.27. The number of carbonyl (C=O) groups is 1. The van der Waals surface area contributed by atoms with Gasteiger partial charge < -0.3 is 15.0 Å². The number of ether oxygens (including phenoxy) is 1. The van der Waals surface area contributed by atoms with Crippen molar-refractivity contribution in [3.63, 3.8) is 0 Å². The van der Waals surface area contributed by atoms with E-state index >= 15 is 0 Å². The molecule has 0 atom stereocenters. The zero-order chi connectivity index (χ0) is 29.0. The van der Waals surface area contributed by atoms with Crippen molar-refractivity contribution in [2.75, 3.05) is 56.0 Å². The highest BCUT2D eigenvalue weighted by Crippen LogP contribution is 2.32. The molecule has 1 aliphatic rings. The number of benzene rings is 3. The number of thiazole rings is 1. The number of nitro groups is 1. The summed E-state index contributed by atoms with van der Waals surface area (Å²) in [5.41, 5.74) is 1.21. The van der Waals surface area contributed by atoms with E-state index in [2.05, 4.69) is 24.8 Å². The Morgan fingerprint density at radius 1 is 1.07 bits per heavy atom. The normalized spacial score (nSPS) is 14.1. The van der Waals surface area contributed by atoms with Gasteiger partial charge in [-0.3, -0.25) is 24.5 Å². The zero-order valence-electron chi connectivity index (χ0n) is 22.1. The first-order valence-electron chi connectivity index (χ1n) is 12.8. The minimum atomic E-state index is -3.91. The Morgan fingerprint density at radius 3 is 2.51 bits per heavy atom. The standard InChI is InChI=1S/C27H28N6O6S2/c1-39-20-7-9-21(10-8-20)41(37,38)30-23-5-3-2-4-22(23)26(34)28-12-13-31-14-16-32(17-15-31)27-29-24-11-6-19(33(35)36)18-25(24)40-27/h2-11,18,30H,12-17H2,1H3,(H,28,34). The van der Waals surface area contributed by atoms with E-state index in [9.17, 15) is 23.3 Å². The molecule has 0 unspecified atom stereocenters. The number of amides is 1. The van der Waals surface area contributed by atoms with Crippen molar-refractivity contribution in [1.82, 2.24) is 15.2 Å². The van der Waals surface area contributed by atoms with Gasteiger partial charge in [0.05, 0.1) is 38.4 Å². The first kappa shape index (κ1) is 28.3. The van der Waals surface area contributed by atoms with E-state index in [4.69, 9.17) is 4.74 Å². The molecule has 2 N–H and O–H groups in total. The quantitative estimate of drug-likeness (QED) is 0.207. The lowest BCUT2D eigenvalue weighted by Gasteiger charge is -2.34. The van der Waals surface area contributed by atoms with Crippen LogP contribution in [-0.2, 0) is 10.0 Å². The van der Waals surface area contributed by atoms with Gasteiger partial charge in [0.25, 0.3) is 21.6 Å². The number of methoxy groups -OCH3 is 1. The highest BCUT2D eigenvalue weighted by molar-refractivity contribution is 7.92. The molecule has 14 heteroatoms. The predicted molar refractivity (Wildman–Crippen MR) is 158 cm³/mol. The zero-order valence-corrected chi connectivity index (χ0v) is 23.8. The first-order chi connectivity index (χ1) is 19.7. The number of fused-ring (bicyclic) bond motifs is 1. The number of anilines is 2. The van der Waals surface area contributed by atoms with Crippen LogP contribution in [-0.4, -0.2) is 75.5 Å². The maximum atomic E-state index is 13.0. The van der Waals surface area contributed by atoms with Gasteiger partial charge in [-0.15, -0.1) is 0 Å². The van der Waals surface area contributed by atoms with E-state index in [1.54, 1.807) is 48.5 Å². The fourth-order valence-corrected chi connectivity index (χ4v) is 6.59. The summed E-state index contributed by atoms with van der Waals surface area (Å²) < 4.78 is 34.2. The molecule has 1 saturated heterocycles. The molecule has 214 valence electrons. The Labute approximate surface area is 240 Å². The number of para-hydroxylation sites is 1. The summed E-state index contributed by atoms with van der Waals surface area (Å²) in [6, 6.07) is 17.1. The minimum Gasteiger partial charge on any atom is -0.497 e. The molecular weight excluding hydrogens is 568 g/mol. The molecule has 1 amide bonds. The molecule has 0 bridgehead atoms. The molecule has 3 aromatic carbocycles. The van der Waals surface area contributed by atoms with Crippen molar-refractivity contribution in [1.29, 1.82) is 0 Å². The molecule has 1 fully saturated rings. The average Bonchev–Trinajstić information content (AvgIpc) is 3.41. The number of rotatable bonds is 10. The Bertz CT molecular complexity index is 1670. The van der Waals surface area contributed by atoms with Gasteiger partial charge in [-0.2, -0.15) is 0 Å². The van der Waals surface area contributed by atoms with Gasteiger partial charge in [0, 0.05) is 51.4 Å². The molecule has 1 aromatic heterocycles. The number of sulfonamides is 1. The molecule has 12 nitrogen and oxygen atoms in total. The van der Waals surface area contributed by atoms with Gasteiger partial charge in [-0.1, -0.05) is 23.5 Å². The SMILES string of the molecule is COc1ccc(S(=O)(=O)Nc2ccccc2C(=O)NCCN2CCN(c3nc4ccc([N+](=O)[O-])cc4s3)CC2)cc1. The lowest BCUT2D eigenvalue weighted by molar-refractivity contribution is -0.384. The third-order valence-corrected chi connectivity index (χ3v) is 9.17. The van der Waals surface area contributed by atoms with Gasteiger partial charge in [-0.25, -0.2) is 13.4 Å². The van der Waals surface area contributed by atoms with Crippen LogP contribution in [0.2, 0.25) is 0 Å². The molecule has 0 saturated carbocycles. The van der Waals surface area contributed by atoms with E-state index in [-0.39, 0.29) is 27.7 Å². The lowest BCUT2D eigenvalue weighted by Crippen LogP contribution is -2.48. The third-order valence-electron chi connectivity index (χ3n) is 6.71. The largest absolute Gasteiger partial charge is 0.497 e. The van der Waals surface area contributed by atoms with Crippen LogP contribution in [0.4, 0.5) is 16.5 Å². The summed E-state index contributed by atoms with van der Waals surface area (Å²) in [7, 11) is -2.41. The van der Waals surface area contributed by atoms with Gasteiger partial charge in [0.1, 0.15) is 5.75 Å². The number of non-ortho nitro benzene ring substituents is 1. The second-order valence-corrected chi connectivity index (χ2v) is 12.0. The summed E-state index contributed by atoms with van der Waals surface area (Å²) in [4.78, 5) is 32.7. The Balaban J connectivity index is 1.13. The van der Waals surface area contributed by atoms with Crippen LogP contribution in [0.5, 0.6) is 5.75 Å². The summed E-state index contributed by atoms with van der Waals surface area (Å²) in [6.07, 6.45) is 0. The number of nitro benzene ring substituents is 1. The van der Waals surface area contributed by atoms with Crippen molar-refractivity contribution < 1.29 is 22.9 Å². The molecule has 5 rings (SSSR count). The second-order valence-electron chi connectivity index (χ2n) is 9.32. The Morgan fingerprint density at radius 2 is 1.80 bits per heavy atom. The van der Waals surface area contributed by atoms with Crippen LogP contribution >= 0.6 is 11.3 Å². The lowest BCUT2D eigenvalue weighted by atomic mass is 10.1. The molecule has 2 heterocycles. The van der Waals surface area contributed by atoms with Crippen molar-refractivity contribution in [3.05, 3.63) is 82.4 Å². The molecule has 0 spiro atoms. The van der Waals surface area contributed by atoms with Crippen LogP contribution in [0.1, 0.15) is 10.4 Å². The van der Waals surface area contributed by atoms with Gasteiger partial charge in [-0.05, 0) is 42.5 Å². The van der Waals surface area contributed by atoms with Crippen LogP contribution in [0, 0.1) is 10.1 Å². The van der Waals surface area contributed by atoms with Crippen LogP contribution in [0.15, 0.2) is 71.6 Å². The number of hydrogen-bond donors (Lipinski definition) is 2. The van der Waals surface area contributed by atoms with E-state index in [1.165, 1.54) is 36.6 Å². The molecule has 1 aliphatic heterocycles. The monoisotopic (exact) mass is 596 g/mol. The smallest absolute Gasteiger partial charge is 0.270 e. The van der Waals surface area contributed by atoms with Gasteiger partial charge in [0.15, 0.2) is 5.13 Å². The highest BCUT2D eigenvalue weighted by Gasteiger charge is 2.22. The number of nitrogens with zero attached hydrogens (tertiary/aromatic N) is 4. The summed E-state index contributed by atoms with van der Waals surface area (Å²) >= 11 is 1.44. The van der Waals surface area contributed by atoms with Crippen molar-refractivity contribution in [3.8, 4) is 5.75 Å². The fourth-order valence-electron chi connectivity index (χ4n) is 4.46. The molecule has 41 heavy (non-hydrogen) atoms. The number of piperazine rings is 1. The summed E-state index contributed by atoms with van der Waals surface area (Å²) in [5, 5.41) is 14.8. The van der Waals surface area contributed by atoms with Crippen molar-refractivity contribution >= 4 is 54.0 Å². The van der Waals surface area contributed by atoms with Crippen molar-refractivity contribution in [2.24, 2.45) is 0 Å². The highest BCUT2D eigenvalue weighted by atomic mass is 32.2. The van der Waals surface area contributed by atoms with Crippen LogP contribution < -0.4 is 19.7 Å².